The first-order valence-corrected chi connectivity index (χ1v) is 5.21. The number of aryl methyl sites for hydroxylation is 1. The van der Waals surface area contributed by atoms with Gasteiger partial charge in [0.25, 0.3) is 0 Å². The number of hydrogen-bond acceptors (Lipinski definition) is 2. The van der Waals surface area contributed by atoms with Crippen LogP contribution >= 0.6 is 0 Å². The highest BCUT2D eigenvalue weighted by Gasteiger charge is 2.29. The lowest BCUT2D eigenvalue weighted by Gasteiger charge is -2.34. The molecule has 15 heavy (non-hydrogen) atoms. The molecule has 1 aliphatic rings. The monoisotopic (exact) mass is 204 g/mol. The molecule has 3 nitrogen and oxygen atoms in total. The largest absolute Gasteiger partial charge is 0.326 e. The summed E-state index contributed by atoms with van der Waals surface area (Å²) in [5.41, 5.74) is 2.09. The number of rotatable bonds is 2. The summed E-state index contributed by atoms with van der Waals surface area (Å²) in [5, 5.41) is 2.93. The third-order valence-corrected chi connectivity index (χ3v) is 2.75. The average molecular weight is 204 g/mol. The third-order valence-electron chi connectivity index (χ3n) is 2.75. The Labute approximate surface area is 90.1 Å². The Kier molecular flexibility index (Phi) is 2.73. The van der Waals surface area contributed by atoms with E-state index in [-0.39, 0.29) is 11.8 Å². The molecule has 0 saturated carbocycles. The molecule has 0 unspecified atom stereocenters. The van der Waals surface area contributed by atoms with E-state index in [0.717, 1.165) is 18.8 Å². The number of likely N-dealkylation sites (tertiary alicyclic amines) is 1. The molecule has 0 aromatic heterocycles. The molecule has 0 bridgehead atoms. The summed E-state index contributed by atoms with van der Waals surface area (Å²) in [6, 6.07) is 7.89. The van der Waals surface area contributed by atoms with Crippen molar-refractivity contribution in [2.24, 2.45) is 5.92 Å². The highest BCUT2D eigenvalue weighted by molar-refractivity contribution is 5.93. The first-order chi connectivity index (χ1) is 7.15. The van der Waals surface area contributed by atoms with Crippen LogP contribution in [0.5, 0.6) is 0 Å². The highest BCUT2D eigenvalue weighted by atomic mass is 16.2. The number of nitrogens with one attached hydrogen (secondary N) is 1. The van der Waals surface area contributed by atoms with Gasteiger partial charge in [0.2, 0.25) is 5.91 Å². The molecule has 3 heteroatoms. The second kappa shape index (κ2) is 4.03. The van der Waals surface area contributed by atoms with Gasteiger partial charge in [-0.15, -0.1) is 0 Å². The summed E-state index contributed by atoms with van der Waals surface area (Å²) in [6.07, 6.45) is 0. The fourth-order valence-corrected chi connectivity index (χ4v) is 1.75. The van der Waals surface area contributed by atoms with Gasteiger partial charge in [-0.1, -0.05) is 17.7 Å². The van der Waals surface area contributed by atoms with Crippen LogP contribution in [0.3, 0.4) is 0 Å². The standard InChI is InChI=1S/C12H16N2O/c1-9-3-5-11(6-4-9)13-12(15)10-7-14(2)8-10/h3-6,10H,7-8H2,1-2H3,(H,13,15). The summed E-state index contributed by atoms with van der Waals surface area (Å²) in [6.45, 7) is 3.78. The SMILES string of the molecule is Cc1ccc(NC(=O)C2CN(C)C2)cc1. The van der Waals surface area contributed by atoms with Gasteiger partial charge in [-0.3, -0.25) is 4.79 Å². The van der Waals surface area contributed by atoms with Crippen molar-refractivity contribution in [3.05, 3.63) is 29.8 Å². The first kappa shape index (κ1) is 10.2. The molecule has 1 N–H and O–H groups in total. The van der Waals surface area contributed by atoms with E-state index in [9.17, 15) is 4.79 Å². The van der Waals surface area contributed by atoms with E-state index in [1.165, 1.54) is 5.56 Å². The Balaban J connectivity index is 1.91. The Morgan fingerprint density at radius 1 is 1.33 bits per heavy atom. The number of nitrogens with zero attached hydrogens (tertiary/aromatic N) is 1. The maximum atomic E-state index is 11.7. The Bertz CT molecular complexity index is 352. The lowest BCUT2D eigenvalue weighted by atomic mass is 10.0. The van der Waals surface area contributed by atoms with Crippen LogP contribution in [-0.2, 0) is 4.79 Å². The molecule has 0 atom stereocenters. The minimum Gasteiger partial charge on any atom is -0.326 e. The summed E-state index contributed by atoms with van der Waals surface area (Å²) in [7, 11) is 2.02. The molecule has 2 rings (SSSR count). The maximum absolute atomic E-state index is 11.7. The van der Waals surface area contributed by atoms with Crippen LogP contribution in [0.1, 0.15) is 5.56 Å². The van der Waals surface area contributed by atoms with E-state index in [1.54, 1.807) is 0 Å². The number of benzene rings is 1. The number of carbonyl (C=O) groups is 1. The van der Waals surface area contributed by atoms with Gasteiger partial charge in [0.15, 0.2) is 0 Å². The fraction of sp³-hybridized carbons (Fsp3) is 0.417. The van der Waals surface area contributed by atoms with E-state index >= 15 is 0 Å². The van der Waals surface area contributed by atoms with Gasteiger partial charge in [0.05, 0.1) is 5.92 Å². The molecule has 1 heterocycles. The Hall–Kier alpha value is -1.35. The third kappa shape index (κ3) is 2.36. The van der Waals surface area contributed by atoms with E-state index < -0.39 is 0 Å². The van der Waals surface area contributed by atoms with Crippen molar-refractivity contribution in [3.63, 3.8) is 0 Å². The van der Waals surface area contributed by atoms with Crippen molar-refractivity contribution >= 4 is 11.6 Å². The number of carbonyl (C=O) groups excluding carboxylic acids is 1. The molecular formula is C12H16N2O. The predicted molar refractivity (Wildman–Crippen MR) is 60.8 cm³/mol. The van der Waals surface area contributed by atoms with Gasteiger partial charge in [-0.2, -0.15) is 0 Å². The van der Waals surface area contributed by atoms with Crippen LogP contribution in [0.4, 0.5) is 5.69 Å². The normalized spacial score (nSPS) is 17.2. The molecule has 1 amide bonds. The van der Waals surface area contributed by atoms with Gasteiger partial charge in [0.1, 0.15) is 0 Å². The van der Waals surface area contributed by atoms with Crippen molar-refractivity contribution < 1.29 is 4.79 Å². The van der Waals surface area contributed by atoms with Crippen molar-refractivity contribution in [1.82, 2.24) is 4.90 Å². The van der Waals surface area contributed by atoms with Crippen LogP contribution in [0, 0.1) is 12.8 Å². The van der Waals surface area contributed by atoms with Gasteiger partial charge in [0, 0.05) is 18.8 Å². The lowest BCUT2D eigenvalue weighted by Crippen LogP contribution is -2.49. The summed E-state index contributed by atoms with van der Waals surface area (Å²) >= 11 is 0. The second-order valence-corrected chi connectivity index (χ2v) is 4.27. The van der Waals surface area contributed by atoms with Crippen LogP contribution in [0.15, 0.2) is 24.3 Å². The van der Waals surface area contributed by atoms with E-state index in [0.29, 0.717) is 0 Å². The molecule has 1 fully saturated rings. The quantitative estimate of drug-likeness (QED) is 0.791. The maximum Gasteiger partial charge on any atom is 0.230 e. The van der Waals surface area contributed by atoms with Crippen molar-refractivity contribution in [1.29, 1.82) is 0 Å². The van der Waals surface area contributed by atoms with Gasteiger partial charge in [-0.05, 0) is 26.1 Å². The minimum absolute atomic E-state index is 0.136. The Morgan fingerprint density at radius 2 is 1.93 bits per heavy atom. The summed E-state index contributed by atoms with van der Waals surface area (Å²) in [4.78, 5) is 13.8. The number of amides is 1. The Morgan fingerprint density at radius 3 is 2.47 bits per heavy atom. The van der Waals surface area contributed by atoms with E-state index in [4.69, 9.17) is 0 Å². The highest BCUT2D eigenvalue weighted by Crippen LogP contribution is 2.16. The zero-order valence-electron chi connectivity index (χ0n) is 9.16. The lowest BCUT2D eigenvalue weighted by molar-refractivity contribution is -0.124. The zero-order valence-corrected chi connectivity index (χ0v) is 9.16. The number of anilines is 1. The molecule has 1 aliphatic heterocycles. The molecule has 1 aromatic carbocycles. The van der Waals surface area contributed by atoms with Crippen molar-refractivity contribution in [2.75, 3.05) is 25.5 Å². The smallest absolute Gasteiger partial charge is 0.230 e. The van der Waals surface area contributed by atoms with Gasteiger partial charge >= 0.3 is 0 Å². The topological polar surface area (TPSA) is 32.3 Å². The fourth-order valence-electron chi connectivity index (χ4n) is 1.75. The van der Waals surface area contributed by atoms with Gasteiger partial charge in [-0.25, -0.2) is 0 Å². The second-order valence-electron chi connectivity index (χ2n) is 4.27. The van der Waals surface area contributed by atoms with E-state index in [1.807, 2.05) is 38.2 Å². The first-order valence-electron chi connectivity index (χ1n) is 5.21. The number of hydrogen-bond donors (Lipinski definition) is 1. The molecule has 0 spiro atoms. The zero-order chi connectivity index (χ0) is 10.8. The predicted octanol–water partition coefficient (Wildman–Crippen LogP) is 1.50. The molecule has 0 aliphatic carbocycles. The van der Waals surface area contributed by atoms with Crippen molar-refractivity contribution in [3.8, 4) is 0 Å². The van der Waals surface area contributed by atoms with Gasteiger partial charge < -0.3 is 10.2 Å². The minimum atomic E-state index is 0.136. The van der Waals surface area contributed by atoms with E-state index in [2.05, 4.69) is 10.2 Å². The molecule has 1 aromatic rings. The van der Waals surface area contributed by atoms with Crippen LogP contribution < -0.4 is 5.32 Å². The summed E-state index contributed by atoms with van der Waals surface area (Å²) in [5.74, 6) is 0.299. The average Bonchev–Trinajstić information content (AvgIpc) is 2.17. The molecule has 0 radical (unpaired) electrons. The summed E-state index contributed by atoms with van der Waals surface area (Å²) < 4.78 is 0. The van der Waals surface area contributed by atoms with Crippen LogP contribution in [0.2, 0.25) is 0 Å². The van der Waals surface area contributed by atoms with Crippen LogP contribution in [0.25, 0.3) is 0 Å². The molecule has 80 valence electrons. The van der Waals surface area contributed by atoms with Crippen molar-refractivity contribution in [2.45, 2.75) is 6.92 Å². The molecular weight excluding hydrogens is 188 g/mol. The molecule has 1 saturated heterocycles. The van der Waals surface area contributed by atoms with Crippen LogP contribution in [-0.4, -0.2) is 30.9 Å².